The van der Waals surface area contributed by atoms with Crippen LogP contribution in [0.3, 0.4) is 0 Å². The molecule has 1 aliphatic heterocycles. The summed E-state index contributed by atoms with van der Waals surface area (Å²) < 4.78 is 106. The minimum atomic E-state index is -3.69. The highest BCUT2D eigenvalue weighted by atomic mass is 16.4. The van der Waals surface area contributed by atoms with Gasteiger partial charge in [0.1, 0.15) is 5.66 Å². The van der Waals surface area contributed by atoms with Crippen molar-refractivity contribution in [1.82, 2.24) is 4.90 Å². The molecule has 5 nitrogen and oxygen atoms in total. The van der Waals surface area contributed by atoms with Gasteiger partial charge in [0, 0.05) is 41.6 Å². The van der Waals surface area contributed by atoms with E-state index in [1.165, 1.54) is 0 Å². The molecule has 15 heavy (non-hydrogen) atoms. The van der Waals surface area contributed by atoms with Gasteiger partial charge in [0.05, 0.1) is 8.22 Å². The van der Waals surface area contributed by atoms with Crippen molar-refractivity contribution in [1.29, 1.82) is 0 Å². The molecule has 0 saturated carbocycles. The summed E-state index contributed by atoms with van der Waals surface area (Å²) >= 11 is 0. The molecule has 0 bridgehead atoms. The average molecular weight is 223 g/mol. The molecule has 1 aliphatic rings. The number of anilines is 1. The first-order valence-corrected chi connectivity index (χ1v) is 3.80. The number of likely N-dealkylation sites (N-methyl/N-ethyl adjacent to an activating group) is 1. The van der Waals surface area contributed by atoms with Crippen LogP contribution in [-0.4, -0.2) is 55.0 Å². The number of rotatable bonds is 2. The molecule has 0 spiro atoms. The van der Waals surface area contributed by atoms with Gasteiger partial charge in [-0.25, -0.2) is 0 Å². The Bertz CT molecular complexity index is 748. The zero-order valence-corrected chi connectivity index (χ0v) is 7.27. The number of nitrogens with zero attached hydrogens (tertiary/aromatic N) is 2. The number of hydrogen-bond donors (Lipinski definition) is 2. The van der Waals surface area contributed by atoms with Crippen molar-refractivity contribution in [3.05, 3.63) is 12.1 Å². The second-order valence-electron chi connectivity index (χ2n) is 2.51. The summed E-state index contributed by atoms with van der Waals surface area (Å²) in [6, 6.07) is -2.05. The van der Waals surface area contributed by atoms with Crippen LogP contribution < -0.4 is 10.6 Å². The van der Waals surface area contributed by atoms with E-state index in [-0.39, 0.29) is 4.90 Å². The number of furan rings is 1. The highest BCUT2D eigenvalue weighted by molar-refractivity contribution is 6.57. The van der Waals surface area contributed by atoms with E-state index >= 15 is 0 Å². The molecule has 0 aromatic carbocycles. The van der Waals surface area contributed by atoms with Crippen molar-refractivity contribution in [2.45, 2.75) is 0 Å². The molecule has 1 aromatic heterocycles. The predicted molar refractivity (Wildman–Crippen MR) is 58.2 cm³/mol. The van der Waals surface area contributed by atoms with E-state index in [1.54, 1.807) is 0 Å². The molecule has 0 aliphatic carbocycles. The van der Waals surface area contributed by atoms with Crippen molar-refractivity contribution in [2.75, 3.05) is 37.9 Å². The van der Waals surface area contributed by atoms with E-state index in [1.807, 2.05) is 0 Å². The van der Waals surface area contributed by atoms with Crippen molar-refractivity contribution in [3.8, 4) is 0 Å². The van der Waals surface area contributed by atoms with Crippen molar-refractivity contribution < 1.29 is 32.3 Å². The van der Waals surface area contributed by atoms with Gasteiger partial charge < -0.3 is 24.3 Å². The molecule has 1 aromatic rings. The Morgan fingerprint density at radius 1 is 1.47 bits per heavy atom. The highest BCUT2D eigenvalue weighted by Crippen LogP contribution is 2.15. The molecule has 6 heteroatoms. The van der Waals surface area contributed by atoms with Crippen molar-refractivity contribution in [3.63, 3.8) is 0 Å². The third-order valence-electron chi connectivity index (χ3n) is 1.48. The Kier molecular flexibility index (Phi) is 0.860. The first kappa shape index (κ1) is 3.03. The summed E-state index contributed by atoms with van der Waals surface area (Å²) in [7, 11) is -2.45. The lowest BCUT2D eigenvalue weighted by molar-refractivity contribution is 0.306. The van der Waals surface area contributed by atoms with E-state index < -0.39 is 68.6 Å². The van der Waals surface area contributed by atoms with Gasteiger partial charge in [-0.2, -0.15) is 0 Å². The molecule has 0 amide bonds. The first-order chi connectivity index (χ1) is 12.2. The summed E-state index contributed by atoms with van der Waals surface area (Å²) in [5, 5.41) is 18.4. The molecule has 2 heterocycles. The molecule has 1 fully saturated rings. The van der Waals surface area contributed by atoms with Crippen LogP contribution in [0.4, 0.5) is 5.88 Å². The lowest BCUT2D eigenvalue weighted by atomic mass is 9.88. The Hall–Kier alpha value is -0.975. The fraction of sp³-hybridized carbons (Fsp3) is 0.556. The van der Waals surface area contributed by atoms with Crippen molar-refractivity contribution >= 4 is 18.7 Å². The fourth-order valence-corrected chi connectivity index (χ4v) is 0.846. The molecule has 1 saturated heterocycles. The molecule has 0 radical (unpaired) electrons. The molecule has 0 unspecified atom stereocenters. The van der Waals surface area contributed by atoms with Gasteiger partial charge in [-0.1, -0.05) is 0 Å². The van der Waals surface area contributed by atoms with Crippen LogP contribution in [0.1, 0.15) is 17.8 Å². The lowest BCUT2D eigenvalue weighted by Crippen LogP contribution is -2.44. The van der Waals surface area contributed by atoms with Gasteiger partial charge in [0.2, 0.25) is 0 Å². The molecule has 0 atom stereocenters. The Morgan fingerprint density at radius 3 is 2.73 bits per heavy atom. The largest absolute Gasteiger partial charge is 0.526 e. The normalized spacial score (nSPS) is 45.2. The van der Waals surface area contributed by atoms with Gasteiger partial charge in [-0.05, 0) is 13.0 Å². The minimum absolute atomic E-state index is 0.269. The van der Waals surface area contributed by atoms with Crippen LogP contribution in [0.15, 0.2) is 16.5 Å². The lowest BCUT2D eigenvalue weighted by Gasteiger charge is -2.32. The van der Waals surface area contributed by atoms with Crippen LogP contribution >= 0.6 is 0 Å². The molecule has 2 N–H and O–H groups in total. The van der Waals surface area contributed by atoms with Gasteiger partial charge >= 0.3 is 7.12 Å². The molecule has 82 valence electrons. The highest BCUT2D eigenvalue weighted by Gasteiger charge is 2.20. The third-order valence-corrected chi connectivity index (χ3v) is 1.48. The SMILES string of the molecule is [2H]c1c(B(O)O)oc(N2C([2H])([2H])C([2H])([2H])N(C([2H])([2H])[2H])C([2H])([2H])C2([2H])[2H])c1[2H]. The van der Waals surface area contributed by atoms with E-state index in [0.29, 0.717) is 0 Å². The number of piperazine rings is 1. The van der Waals surface area contributed by atoms with Crippen LogP contribution in [0.25, 0.3) is 0 Å². The Labute approximate surface area is 107 Å². The predicted octanol–water partition coefficient (Wildman–Crippen LogP) is -1.29. The number of hydrogen-bond acceptors (Lipinski definition) is 5. The van der Waals surface area contributed by atoms with Gasteiger partial charge in [0.25, 0.3) is 0 Å². The van der Waals surface area contributed by atoms with Crippen LogP contribution in [0.2, 0.25) is 0 Å². The summed E-state index contributed by atoms with van der Waals surface area (Å²) in [6.45, 7) is -18.3. The Morgan fingerprint density at radius 2 is 2.20 bits per heavy atom. The van der Waals surface area contributed by atoms with Gasteiger partial charge in [-0.3, -0.25) is 0 Å². The van der Waals surface area contributed by atoms with E-state index in [0.717, 1.165) is 0 Å². The quantitative estimate of drug-likeness (QED) is 0.611. The van der Waals surface area contributed by atoms with Crippen LogP contribution in [-0.2, 0) is 0 Å². The van der Waals surface area contributed by atoms with Crippen LogP contribution in [0, 0.1) is 0 Å². The zero-order valence-electron chi connectivity index (χ0n) is 20.3. The van der Waals surface area contributed by atoms with Crippen molar-refractivity contribution in [2.24, 2.45) is 0 Å². The zero-order chi connectivity index (χ0) is 22.2. The second-order valence-corrected chi connectivity index (χ2v) is 2.51. The minimum Gasteiger partial charge on any atom is -0.449 e. The van der Waals surface area contributed by atoms with E-state index in [2.05, 4.69) is 0 Å². The topological polar surface area (TPSA) is 60.1 Å². The maximum atomic E-state index is 9.18. The fourth-order valence-electron chi connectivity index (χ4n) is 0.846. The van der Waals surface area contributed by atoms with Crippen LogP contribution in [0.5, 0.6) is 0 Å². The van der Waals surface area contributed by atoms with E-state index in [9.17, 15) is 10.0 Å². The second kappa shape index (κ2) is 4.26. The smallest absolute Gasteiger partial charge is 0.449 e. The maximum absolute atomic E-state index is 9.18. The van der Waals surface area contributed by atoms with Gasteiger partial charge in [0.15, 0.2) is 5.88 Å². The molecular weight excluding hydrogens is 195 g/mol. The summed E-state index contributed by atoms with van der Waals surface area (Å²) in [6.07, 6.45) is 0. The maximum Gasteiger partial charge on any atom is 0.526 e. The van der Waals surface area contributed by atoms with Gasteiger partial charge in [-0.15, -0.1) is 0 Å². The van der Waals surface area contributed by atoms with E-state index in [4.69, 9.17) is 22.2 Å². The average Bonchev–Trinajstić information content (AvgIpc) is 2.72. The standard InChI is InChI=1S/C9H15BN2O3/c1-11-4-6-12(7-5-11)9-3-2-8(15-9)10(13)14/h2-3,13-14H,4-7H2,1H3/i1D3,2D,3D,4D2,5D2,6D2,7D2. The summed E-state index contributed by atoms with van der Waals surface area (Å²) in [4.78, 5) is -0.825. The summed E-state index contributed by atoms with van der Waals surface area (Å²) in [5.74, 6) is -1.21. The summed E-state index contributed by atoms with van der Waals surface area (Å²) in [5.41, 5.74) is -0.981. The first-order valence-electron chi connectivity index (χ1n) is 10.3. The molecule has 2 rings (SSSR count). The monoisotopic (exact) mass is 223 g/mol. The molecular formula is C9H15BN2O3. The Balaban J connectivity index is 2.86. The third kappa shape index (κ3) is 2.34.